The Labute approximate surface area is 270 Å². The molecule has 0 saturated carbocycles. The topological polar surface area (TPSA) is 134 Å². The predicted octanol–water partition coefficient (Wildman–Crippen LogP) is 8.71. The lowest BCUT2D eigenvalue weighted by atomic mass is 10.1. The summed E-state index contributed by atoms with van der Waals surface area (Å²) in [7, 11) is 0. The molecule has 0 saturated heterocycles. The van der Waals surface area contributed by atoms with Crippen LogP contribution in [0.5, 0.6) is 5.75 Å². The molecular formula is C33H46FN3O9. The maximum absolute atomic E-state index is 14.0. The van der Waals surface area contributed by atoms with Crippen molar-refractivity contribution in [2.24, 2.45) is 0 Å². The van der Waals surface area contributed by atoms with E-state index in [1.807, 2.05) is 0 Å². The minimum atomic E-state index is -1.16. The molecule has 1 aromatic carbocycles. The summed E-state index contributed by atoms with van der Waals surface area (Å²) in [5.74, 6) is -1.39. The van der Waals surface area contributed by atoms with Gasteiger partial charge in [-0.3, -0.25) is 0 Å². The second-order valence-electron chi connectivity index (χ2n) is 14.4. The SMILES string of the molecule is CC(Oc1cc(N(C(=O)OC(C)(C)C)C(=O)OC(C)(C)C)nc(N(C(=O)OC(C)(C)C)C(=O)OC(C)(C)C)c1)c1cccc(F)c1. The van der Waals surface area contributed by atoms with Crippen LogP contribution in [0.3, 0.4) is 0 Å². The van der Waals surface area contributed by atoms with E-state index in [1.54, 1.807) is 96.1 Å². The first-order chi connectivity index (χ1) is 20.7. The molecule has 0 aliphatic heterocycles. The smallest absolute Gasteiger partial charge is 0.425 e. The van der Waals surface area contributed by atoms with Gasteiger partial charge in [-0.1, -0.05) is 12.1 Å². The minimum absolute atomic E-state index is 0.0639. The van der Waals surface area contributed by atoms with Crippen molar-refractivity contribution in [1.82, 2.24) is 4.98 Å². The number of amides is 4. The third-order valence-electron chi connectivity index (χ3n) is 5.17. The predicted molar refractivity (Wildman–Crippen MR) is 170 cm³/mol. The van der Waals surface area contributed by atoms with Gasteiger partial charge in [-0.25, -0.2) is 28.6 Å². The number of carbonyl (C=O) groups is 4. The Balaban J connectivity index is 2.87. The van der Waals surface area contributed by atoms with E-state index < -0.39 is 70.3 Å². The highest BCUT2D eigenvalue weighted by atomic mass is 19.1. The largest absolute Gasteiger partial charge is 0.486 e. The van der Waals surface area contributed by atoms with E-state index in [4.69, 9.17) is 23.7 Å². The average molecular weight is 648 g/mol. The zero-order chi connectivity index (χ0) is 35.4. The van der Waals surface area contributed by atoms with Crippen LogP contribution in [-0.4, -0.2) is 51.8 Å². The van der Waals surface area contributed by atoms with Crippen LogP contribution < -0.4 is 14.5 Å². The number of benzene rings is 1. The summed E-state index contributed by atoms with van der Waals surface area (Å²) in [6.45, 7) is 20.8. The van der Waals surface area contributed by atoms with Crippen molar-refractivity contribution in [1.29, 1.82) is 0 Å². The molecule has 13 heteroatoms. The Bertz CT molecular complexity index is 1300. The Morgan fingerprint density at radius 3 is 1.28 bits per heavy atom. The monoisotopic (exact) mass is 647 g/mol. The lowest BCUT2D eigenvalue weighted by Gasteiger charge is -2.30. The Hall–Kier alpha value is -4.42. The number of aromatic nitrogens is 1. The molecule has 2 aromatic rings. The van der Waals surface area contributed by atoms with Crippen molar-refractivity contribution in [3.63, 3.8) is 0 Å². The fraction of sp³-hybridized carbons (Fsp3) is 0.545. The third kappa shape index (κ3) is 12.2. The number of ether oxygens (including phenoxy) is 5. The van der Waals surface area contributed by atoms with E-state index in [0.29, 0.717) is 15.4 Å². The number of rotatable bonds is 5. The number of hydrogen-bond acceptors (Lipinski definition) is 10. The van der Waals surface area contributed by atoms with E-state index in [2.05, 4.69) is 4.98 Å². The van der Waals surface area contributed by atoms with Gasteiger partial charge in [0.05, 0.1) is 0 Å². The molecule has 1 heterocycles. The molecule has 12 nitrogen and oxygen atoms in total. The molecule has 0 N–H and O–H groups in total. The first-order valence-electron chi connectivity index (χ1n) is 14.7. The molecule has 0 spiro atoms. The van der Waals surface area contributed by atoms with E-state index in [9.17, 15) is 23.6 Å². The number of anilines is 2. The van der Waals surface area contributed by atoms with Gasteiger partial charge in [-0.15, -0.1) is 0 Å². The van der Waals surface area contributed by atoms with Crippen molar-refractivity contribution in [2.75, 3.05) is 9.80 Å². The highest BCUT2D eigenvalue weighted by Crippen LogP contribution is 2.33. The van der Waals surface area contributed by atoms with Gasteiger partial charge in [0.1, 0.15) is 40.1 Å². The van der Waals surface area contributed by atoms with Crippen LogP contribution in [-0.2, 0) is 18.9 Å². The number of imide groups is 2. The zero-order valence-electron chi connectivity index (χ0n) is 28.9. The summed E-state index contributed by atoms with van der Waals surface area (Å²) in [6.07, 6.45) is -5.41. The second kappa shape index (κ2) is 13.9. The highest BCUT2D eigenvalue weighted by molar-refractivity contribution is 6.11. The van der Waals surface area contributed by atoms with Crippen molar-refractivity contribution < 1.29 is 47.3 Å². The lowest BCUT2D eigenvalue weighted by Crippen LogP contribution is -2.45. The van der Waals surface area contributed by atoms with Gasteiger partial charge in [-0.05, 0) is 108 Å². The molecule has 4 amide bonds. The molecular weight excluding hydrogens is 601 g/mol. The van der Waals surface area contributed by atoms with Gasteiger partial charge in [0.25, 0.3) is 0 Å². The van der Waals surface area contributed by atoms with Crippen LogP contribution in [0.25, 0.3) is 0 Å². The van der Waals surface area contributed by atoms with Gasteiger partial charge in [-0.2, -0.15) is 9.80 Å². The molecule has 0 radical (unpaired) electrons. The minimum Gasteiger partial charge on any atom is -0.486 e. The summed E-state index contributed by atoms with van der Waals surface area (Å²) >= 11 is 0. The van der Waals surface area contributed by atoms with Crippen LogP contribution in [0.2, 0.25) is 0 Å². The van der Waals surface area contributed by atoms with Crippen LogP contribution in [0.1, 0.15) is 102 Å². The van der Waals surface area contributed by atoms with Gasteiger partial charge in [0, 0.05) is 12.1 Å². The number of pyridine rings is 1. The van der Waals surface area contributed by atoms with E-state index in [-0.39, 0.29) is 5.75 Å². The fourth-order valence-corrected chi connectivity index (χ4v) is 3.56. The molecule has 0 fully saturated rings. The fourth-order valence-electron chi connectivity index (χ4n) is 3.56. The van der Waals surface area contributed by atoms with Crippen LogP contribution >= 0.6 is 0 Å². The lowest BCUT2D eigenvalue weighted by molar-refractivity contribution is 0.0411. The molecule has 0 aliphatic carbocycles. The van der Waals surface area contributed by atoms with Crippen molar-refractivity contribution in [3.8, 4) is 5.75 Å². The maximum atomic E-state index is 14.0. The standard InChI is InChI=1S/C33H46FN3O9/c1-20(21-15-14-16-22(34)17-21)42-23-18-24(36(26(38)43-30(2,3)4)27(39)44-31(5,6)7)35-25(19-23)37(28(40)45-32(8,9)10)29(41)46-33(11,12)13/h14-20H,1-13H3. The third-order valence-corrected chi connectivity index (χ3v) is 5.17. The normalized spacial score (nSPS) is 12.8. The Morgan fingerprint density at radius 2 is 0.978 bits per heavy atom. The van der Waals surface area contributed by atoms with Crippen molar-refractivity contribution >= 4 is 36.0 Å². The molecule has 46 heavy (non-hydrogen) atoms. The van der Waals surface area contributed by atoms with Crippen molar-refractivity contribution in [3.05, 3.63) is 47.8 Å². The molecule has 1 aromatic heterocycles. The van der Waals surface area contributed by atoms with E-state index in [0.717, 1.165) is 0 Å². The van der Waals surface area contributed by atoms with Crippen LogP contribution in [0, 0.1) is 5.82 Å². The van der Waals surface area contributed by atoms with Gasteiger partial charge >= 0.3 is 24.4 Å². The van der Waals surface area contributed by atoms with Gasteiger partial charge < -0.3 is 23.7 Å². The second-order valence-corrected chi connectivity index (χ2v) is 14.4. The number of hydrogen-bond donors (Lipinski definition) is 0. The summed E-state index contributed by atoms with van der Waals surface area (Å²) in [4.78, 5) is 59.3. The van der Waals surface area contributed by atoms with E-state index >= 15 is 0 Å². The molecule has 1 unspecified atom stereocenters. The Morgan fingerprint density at radius 1 is 0.630 bits per heavy atom. The summed E-state index contributed by atoms with van der Waals surface area (Å²) in [5, 5.41) is 0. The number of nitrogens with zero attached hydrogens (tertiary/aromatic N) is 3. The number of carbonyl (C=O) groups excluding carboxylic acids is 4. The summed E-state index contributed by atoms with van der Waals surface area (Å²) in [5.41, 5.74) is -3.72. The van der Waals surface area contributed by atoms with Crippen molar-refractivity contribution in [2.45, 2.75) is 119 Å². The van der Waals surface area contributed by atoms with Crippen LogP contribution in [0.4, 0.5) is 35.2 Å². The van der Waals surface area contributed by atoms with Gasteiger partial charge in [0.15, 0.2) is 11.6 Å². The average Bonchev–Trinajstić information content (AvgIpc) is 2.79. The molecule has 2 rings (SSSR count). The first-order valence-corrected chi connectivity index (χ1v) is 14.7. The quantitative estimate of drug-likeness (QED) is 0.290. The highest BCUT2D eigenvalue weighted by Gasteiger charge is 2.38. The maximum Gasteiger partial charge on any atom is 0.425 e. The molecule has 1 atom stereocenters. The molecule has 0 aliphatic rings. The zero-order valence-corrected chi connectivity index (χ0v) is 28.9. The van der Waals surface area contributed by atoms with Gasteiger partial charge in [0.2, 0.25) is 0 Å². The Kier molecular flexibility index (Phi) is 11.4. The molecule has 0 bridgehead atoms. The summed E-state index contributed by atoms with van der Waals surface area (Å²) in [6, 6.07) is 8.13. The number of halogens is 1. The van der Waals surface area contributed by atoms with Crippen LogP contribution in [0.15, 0.2) is 36.4 Å². The summed E-state index contributed by atoms with van der Waals surface area (Å²) < 4.78 is 42.1. The van der Waals surface area contributed by atoms with E-state index in [1.165, 1.54) is 30.3 Å². The molecule has 254 valence electrons. The first kappa shape index (κ1) is 37.8.